The van der Waals surface area contributed by atoms with Crippen LogP contribution in [-0.2, 0) is 0 Å². The third-order valence-electron chi connectivity index (χ3n) is 2.78. The molecule has 0 atom stereocenters. The standard InChI is InChI=1S/C15H13ClN2OS/c1-9-5-6-12(16)13(7-9)18-15(19)11-4-2-3-10(8-11)14(17)20/h2-8H,1H3,(H2,17,20)(H,18,19). The van der Waals surface area contributed by atoms with E-state index < -0.39 is 0 Å². The van der Waals surface area contributed by atoms with Gasteiger partial charge in [-0.25, -0.2) is 0 Å². The largest absolute Gasteiger partial charge is 0.389 e. The zero-order chi connectivity index (χ0) is 14.7. The lowest BCUT2D eigenvalue weighted by Crippen LogP contribution is -2.15. The highest BCUT2D eigenvalue weighted by molar-refractivity contribution is 7.80. The molecule has 0 radical (unpaired) electrons. The van der Waals surface area contributed by atoms with Crippen molar-refractivity contribution in [2.45, 2.75) is 6.92 Å². The first-order valence-electron chi connectivity index (χ1n) is 5.95. The van der Waals surface area contributed by atoms with Gasteiger partial charge in [-0.15, -0.1) is 0 Å². The molecule has 0 aromatic heterocycles. The van der Waals surface area contributed by atoms with Gasteiger partial charge in [0.05, 0.1) is 10.7 Å². The highest BCUT2D eigenvalue weighted by Gasteiger charge is 2.10. The van der Waals surface area contributed by atoms with Gasteiger partial charge in [-0.3, -0.25) is 4.79 Å². The molecule has 0 bridgehead atoms. The maximum absolute atomic E-state index is 12.2. The van der Waals surface area contributed by atoms with E-state index in [9.17, 15) is 4.79 Å². The van der Waals surface area contributed by atoms with E-state index in [4.69, 9.17) is 29.6 Å². The Labute approximate surface area is 127 Å². The molecule has 0 heterocycles. The molecule has 0 saturated heterocycles. The van der Waals surface area contributed by atoms with E-state index in [-0.39, 0.29) is 10.9 Å². The zero-order valence-electron chi connectivity index (χ0n) is 10.8. The van der Waals surface area contributed by atoms with Gasteiger partial charge in [-0.1, -0.05) is 42.0 Å². The van der Waals surface area contributed by atoms with Crippen LogP contribution in [-0.4, -0.2) is 10.9 Å². The maximum Gasteiger partial charge on any atom is 0.255 e. The Kier molecular flexibility index (Phi) is 4.37. The third kappa shape index (κ3) is 3.35. The summed E-state index contributed by atoms with van der Waals surface area (Å²) in [5, 5.41) is 3.27. The van der Waals surface area contributed by atoms with Crippen LogP contribution < -0.4 is 11.1 Å². The van der Waals surface area contributed by atoms with E-state index >= 15 is 0 Å². The maximum atomic E-state index is 12.2. The molecule has 2 aromatic carbocycles. The number of anilines is 1. The molecule has 0 fully saturated rings. The van der Waals surface area contributed by atoms with Crippen LogP contribution in [0.25, 0.3) is 0 Å². The van der Waals surface area contributed by atoms with Crippen molar-refractivity contribution in [1.82, 2.24) is 0 Å². The van der Waals surface area contributed by atoms with Gasteiger partial charge in [0.2, 0.25) is 0 Å². The Balaban J connectivity index is 2.26. The molecule has 0 aliphatic carbocycles. The van der Waals surface area contributed by atoms with Gasteiger partial charge in [-0.05, 0) is 36.8 Å². The second kappa shape index (κ2) is 6.03. The Morgan fingerprint density at radius 2 is 1.90 bits per heavy atom. The van der Waals surface area contributed by atoms with Gasteiger partial charge in [0.25, 0.3) is 5.91 Å². The zero-order valence-corrected chi connectivity index (χ0v) is 12.4. The lowest BCUT2D eigenvalue weighted by molar-refractivity contribution is 0.102. The summed E-state index contributed by atoms with van der Waals surface area (Å²) in [7, 11) is 0. The second-order valence-electron chi connectivity index (χ2n) is 4.38. The molecule has 0 aliphatic heterocycles. The highest BCUT2D eigenvalue weighted by Crippen LogP contribution is 2.23. The molecule has 102 valence electrons. The molecule has 0 aliphatic rings. The van der Waals surface area contributed by atoms with Crippen LogP contribution in [0.15, 0.2) is 42.5 Å². The molecule has 2 rings (SSSR count). The summed E-state index contributed by atoms with van der Waals surface area (Å²) in [6, 6.07) is 12.3. The van der Waals surface area contributed by atoms with Gasteiger partial charge < -0.3 is 11.1 Å². The monoisotopic (exact) mass is 304 g/mol. The van der Waals surface area contributed by atoms with E-state index in [1.54, 1.807) is 30.3 Å². The lowest BCUT2D eigenvalue weighted by atomic mass is 10.1. The molecule has 5 heteroatoms. The molecule has 0 spiro atoms. The van der Waals surface area contributed by atoms with Crippen molar-refractivity contribution in [3.8, 4) is 0 Å². The Hall–Kier alpha value is -1.91. The predicted octanol–water partition coefficient (Wildman–Crippen LogP) is 3.53. The van der Waals surface area contributed by atoms with Gasteiger partial charge in [0.1, 0.15) is 4.99 Å². The number of aryl methyl sites for hydroxylation is 1. The number of carbonyl (C=O) groups is 1. The van der Waals surface area contributed by atoms with E-state index in [2.05, 4.69) is 5.32 Å². The fourth-order valence-corrected chi connectivity index (χ4v) is 2.03. The van der Waals surface area contributed by atoms with Crippen LogP contribution in [0.5, 0.6) is 0 Å². The van der Waals surface area contributed by atoms with Crippen molar-refractivity contribution < 1.29 is 4.79 Å². The van der Waals surface area contributed by atoms with Crippen molar-refractivity contribution in [3.63, 3.8) is 0 Å². The molecule has 20 heavy (non-hydrogen) atoms. The van der Waals surface area contributed by atoms with Crippen LogP contribution in [0.4, 0.5) is 5.69 Å². The summed E-state index contributed by atoms with van der Waals surface area (Å²) in [5.74, 6) is -0.254. The topological polar surface area (TPSA) is 55.1 Å². The first kappa shape index (κ1) is 14.5. The van der Waals surface area contributed by atoms with Gasteiger partial charge in [0, 0.05) is 11.1 Å². The number of carbonyl (C=O) groups excluding carboxylic acids is 1. The number of benzene rings is 2. The van der Waals surface area contributed by atoms with Crippen LogP contribution in [0.2, 0.25) is 5.02 Å². The number of nitrogens with one attached hydrogen (secondary N) is 1. The van der Waals surface area contributed by atoms with Gasteiger partial charge in [0.15, 0.2) is 0 Å². The summed E-state index contributed by atoms with van der Waals surface area (Å²) in [5.41, 5.74) is 8.29. The summed E-state index contributed by atoms with van der Waals surface area (Å²) in [4.78, 5) is 12.5. The van der Waals surface area contributed by atoms with Crippen molar-refractivity contribution in [1.29, 1.82) is 0 Å². The number of rotatable bonds is 3. The van der Waals surface area contributed by atoms with Crippen LogP contribution in [0.1, 0.15) is 21.5 Å². The van der Waals surface area contributed by atoms with E-state index in [1.165, 1.54) is 0 Å². The quantitative estimate of drug-likeness (QED) is 0.853. The minimum absolute atomic E-state index is 0.254. The van der Waals surface area contributed by atoms with Crippen LogP contribution in [0.3, 0.4) is 0 Å². The second-order valence-corrected chi connectivity index (χ2v) is 5.23. The Bertz CT molecular complexity index is 685. The first-order chi connectivity index (χ1) is 9.47. The summed E-state index contributed by atoms with van der Waals surface area (Å²) in [6.45, 7) is 1.93. The number of hydrogen-bond acceptors (Lipinski definition) is 2. The Morgan fingerprint density at radius 3 is 2.60 bits per heavy atom. The van der Waals surface area contributed by atoms with Crippen molar-refractivity contribution in [2.75, 3.05) is 5.32 Å². The normalized spacial score (nSPS) is 10.1. The van der Waals surface area contributed by atoms with Gasteiger partial charge >= 0.3 is 0 Å². The van der Waals surface area contributed by atoms with Gasteiger partial charge in [-0.2, -0.15) is 0 Å². The molecule has 2 aromatic rings. The molecular weight excluding hydrogens is 292 g/mol. The number of thiocarbonyl (C=S) groups is 1. The number of hydrogen-bond donors (Lipinski definition) is 2. The molecule has 1 amide bonds. The minimum atomic E-state index is -0.254. The number of nitrogens with two attached hydrogens (primary N) is 1. The lowest BCUT2D eigenvalue weighted by Gasteiger charge is -2.09. The van der Waals surface area contributed by atoms with Crippen molar-refractivity contribution in [3.05, 3.63) is 64.2 Å². The third-order valence-corrected chi connectivity index (χ3v) is 3.34. The first-order valence-corrected chi connectivity index (χ1v) is 6.73. The fourth-order valence-electron chi connectivity index (χ4n) is 1.74. The fraction of sp³-hybridized carbons (Fsp3) is 0.0667. The van der Waals surface area contributed by atoms with Crippen molar-refractivity contribution >= 4 is 40.4 Å². The minimum Gasteiger partial charge on any atom is -0.389 e. The highest BCUT2D eigenvalue weighted by atomic mass is 35.5. The number of halogens is 1. The summed E-state index contributed by atoms with van der Waals surface area (Å²) >= 11 is 11.0. The summed E-state index contributed by atoms with van der Waals surface area (Å²) in [6.07, 6.45) is 0. The molecular formula is C15H13ClN2OS. The average Bonchev–Trinajstić information content (AvgIpc) is 2.43. The van der Waals surface area contributed by atoms with E-state index in [0.29, 0.717) is 21.8 Å². The van der Waals surface area contributed by atoms with Crippen molar-refractivity contribution in [2.24, 2.45) is 5.73 Å². The molecule has 0 unspecified atom stereocenters. The molecule has 0 saturated carbocycles. The number of amides is 1. The van der Waals surface area contributed by atoms with E-state index in [0.717, 1.165) is 5.56 Å². The smallest absolute Gasteiger partial charge is 0.255 e. The SMILES string of the molecule is Cc1ccc(Cl)c(NC(=O)c2cccc(C(N)=S)c2)c1. The van der Waals surface area contributed by atoms with Crippen LogP contribution >= 0.6 is 23.8 Å². The van der Waals surface area contributed by atoms with Crippen LogP contribution in [0, 0.1) is 6.92 Å². The summed E-state index contributed by atoms with van der Waals surface area (Å²) < 4.78 is 0. The predicted molar refractivity (Wildman–Crippen MR) is 86.5 cm³/mol. The Morgan fingerprint density at radius 1 is 1.20 bits per heavy atom. The molecule has 3 nitrogen and oxygen atoms in total. The average molecular weight is 305 g/mol. The molecule has 3 N–H and O–H groups in total. The van der Waals surface area contributed by atoms with E-state index in [1.807, 2.05) is 19.1 Å².